The summed E-state index contributed by atoms with van der Waals surface area (Å²) >= 11 is 0. The molecule has 1 fully saturated rings. The Balaban J connectivity index is 1.67. The molecular formula is C20H22FN3O. The van der Waals surface area contributed by atoms with E-state index in [2.05, 4.69) is 30.3 Å². The van der Waals surface area contributed by atoms with Crippen molar-refractivity contribution in [3.05, 3.63) is 59.4 Å². The molecule has 130 valence electrons. The van der Waals surface area contributed by atoms with Crippen LogP contribution in [0.5, 0.6) is 0 Å². The van der Waals surface area contributed by atoms with Gasteiger partial charge in [-0.2, -0.15) is 0 Å². The Morgan fingerprint density at radius 3 is 2.88 bits per heavy atom. The Morgan fingerprint density at radius 1 is 1.24 bits per heavy atom. The van der Waals surface area contributed by atoms with Crippen molar-refractivity contribution in [2.24, 2.45) is 0 Å². The molecule has 2 unspecified atom stereocenters. The minimum absolute atomic E-state index is 0.154. The highest BCUT2D eigenvalue weighted by Gasteiger charge is 2.43. The molecule has 2 aliphatic heterocycles. The van der Waals surface area contributed by atoms with E-state index in [1.807, 2.05) is 17.0 Å². The van der Waals surface area contributed by atoms with E-state index in [-0.39, 0.29) is 17.9 Å². The van der Waals surface area contributed by atoms with Crippen LogP contribution in [0.1, 0.15) is 23.5 Å². The molecule has 4 rings (SSSR count). The molecule has 2 atom stereocenters. The Labute approximate surface area is 147 Å². The second kappa shape index (κ2) is 6.15. The maximum absolute atomic E-state index is 13.4. The third-order valence-electron chi connectivity index (χ3n) is 5.25. The normalized spacial score (nSPS) is 22.4. The van der Waals surface area contributed by atoms with Crippen LogP contribution in [-0.4, -0.2) is 37.1 Å². The number of amides is 2. The number of benzene rings is 2. The molecule has 5 heteroatoms. The van der Waals surface area contributed by atoms with Crippen LogP contribution in [0.25, 0.3) is 0 Å². The quantitative estimate of drug-likeness (QED) is 0.853. The molecule has 0 saturated carbocycles. The van der Waals surface area contributed by atoms with E-state index in [1.54, 1.807) is 12.1 Å². The first-order chi connectivity index (χ1) is 12.0. The number of piperidine rings is 1. The lowest BCUT2D eigenvalue weighted by Crippen LogP contribution is -2.48. The Hall–Kier alpha value is -2.40. The summed E-state index contributed by atoms with van der Waals surface area (Å²) in [4.78, 5) is 17.2. The zero-order chi connectivity index (χ0) is 17.6. The largest absolute Gasteiger partial charge is 0.326 e. The van der Waals surface area contributed by atoms with E-state index in [0.29, 0.717) is 11.6 Å². The summed E-state index contributed by atoms with van der Waals surface area (Å²) < 4.78 is 13.4. The zero-order valence-corrected chi connectivity index (χ0v) is 14.5. The van der Waals surface area contributed by atoms with Gasteiger partial charge in [0.15, 0.2) is 0 Å². The molecule has 25 heavy (non-hydrogen) atoms. The summed E-state index contributed by atoms with van der Waals surface area (Å²) in [6.07, 6.45) is 0.936. The van der Waals surface area contributed by atoms with Gasteiger partial charge in [0.25, 0.3) is 0 Å². The van der Waals surface area contributed by atoms with Crippen molar-refractivity contribution in [3.63, 3.8) is 0 Å². The van der Waals surface area contributed by atoms with Crippen LogP contribution in [0.4, 0.5) is 20.6 Å². The SMILES string of the molecule is Cc1ccc2c(c1)C1CN(C)CCC1N2C(=O)Nc1cccc(F)c1. The van der Waals surface area contributed by atoms with Crippen LogP contribution in [0.2, 0.25) is 0 Å². The predicted octanol–water partition coefficient (Wildman–Crippen LogP) is 3.97. The van der Waals surface area contributed by atoms with Crippen molar-refractivity contribution >= 4 is 17.4 Å². The van der Waals surface area contributed by atoms with Crippen molar-refractivity contribution in [2.45, 2.75) is 25.3 Å². The van der Waals surface area contributed by atoms with Gasteiger partial charge in [-0.1, -0.05) is 23.8 Å². The predicted molar refractivity (Wildman–Crippen MR) is 97.7 cm³/mol. The van der Waals surface area contributed by atoms with Gasteiger partial charge in [-0.25, -0.2) is 9.18 Å². The van der Waals surface area contributed by atoms with Crippen molar-refractivity contribution in [2.75, 3.05) is 30.4 Å². The molecule has 0 radical (unpaired) electrons. The number of urea groups is 1. The lowest BCUT2D eigenvalue weighted by Gasteiger charge is -2.36. The van der Waals surface area contributed by atoms with Gasteiger partial charge >= 0.3 is 6.03 Å². The number of hydrogen-bond donors (Lipinski definition) is 1. The summed E-state index contributed by atoms with van der Waals surface area (Å²) in [5, 5.41) is 2.86. The number of nitrogens with one attached hydrogen (secondary N) is 1. The Morgan fingerprint density at radius 2 is 2.08 bits per heavy atom. The van der Waals surface area contributed by atoms with Crippen molar-refractivity contribution in [1.29, 1.82) is 0 Å². The highest BCUT2D eigenvalue weighted by atomic mass is 19.1. The van der Waals surface area contributed by atoms with Crippen LogP contribution >= 0.6 is 0 Å². The minimum atomic E-state index is -0.354. The van der Waals surface area contributed by atoms with Gasteiger partial charge in [0, 0.05) is 29.9 Å². The number of likely N-dealkylation sites (tertiary alicyclic amines) is 1. The number of rotatable bonds is 1. The van der Waals surface area contributed by atoms with Crippen LogP contribution in [-0.2, 0) is 0 Å². The zero-order valence-electron chi connectivity index (χ0n) is 14.5. The van der Waals surface area contributed by atoms with Gasteiger partial charge in [0.1, 0.15) is 5.82 Å². The minimum Gasteiger partial charge on any atom is -0.307 e. The molecule has 2 aromatic carbocycles. The molecule has 0 aliphatic carbocycles. The number of aryl methyl sites for hydroxylation is 1. The van der Waals surface area contributed by atoms with E-state index in [4.69, 9.17) is 0 Å². The second-order valence-corrected chi connectivity index (χ2v) is 7.10. The smallest absolute Gasteiger partial charge is 0.307 e. The first-order valence-electron chi connectivity index (χ1n) is 8.68. The number of halogens is 1. The molecule has 2 aliphatic rings. The molecule has 0 spiro atoms. The summed E-state index contributed by atoms with van der Waals surface area (Å²) in [5.74, 6) is -0.0284. The number of nitrogens with zero attached hydrogens (tertiary/aromatic N) is 2. The van der Waals surface area contributed by atoms with Crippen LogP contribution < -0.4 is 10.2 Å². The molecule has 4 nitrogen and oxygen atoms in total. The maximum atomic E-state index is 13.4. The average molecular weight is 339 g/mol. The van der Waals surface area contributed by atoms with E-state index < -0.39 is 0 Å². The highest BCUT2D eigenvalue weighted by molar-refractivity contribution is 6.04. The monoisotopic (exact) mass is 339 g/mol. The van der Waals surface area contributed by atoms with Crippen LogP contribution in [0, 0.1) is 12.7 Å². The molecule has 1 N–H and O–H groups in total. The molecule has 0 bridgehead atoms. The number of anilines is 2. The molecule has 2 aromatic rings. The number of carbonyl (C=O) groups is 1. The van der Waals surface area contributed by atoms with E-state index >= 15 is 0 Å². The topological polar surface area (TPSA) is 35.6 Å². The van der Waals surface area contributed by atoms with E-state index in [1.165, 1.54) is 23.3 Å². The second-order valence-electron chi connectivity index (χ2n) is 7.10. The summed E-state index contributed by atoms with van der Waals surface area (Å²) in [6.45, 7) is 4.00. The molecule has 1 saturated heterocycles. The van der Waals surface area contributed by atoms with Gasteiger partial charge in [0.05, 0.1) is 0 Å². The van der Waals surface area contributed by atoms with Gasteiger partial charge in [0.2, 0.25) is 0 Å². The standard InChI is InChI=1S/C20H22FN3O/c1-13-6-7-18-16(10-13)17-12-23(2)9-8-19(17)24(18)20(25)22-15-5-3-4-14(21)11-15/h3-7,10-11,17,19H,8-9,12H2,1-2H3,(H,22,25). The Bertz CT molecular complexity index is 822. The first-order valence-corrected chi connectivity index (χ1v) is 8.68. The van der Waals surface area contributed by atoms with Crippen molar-refractivity contribution < 1.29 is 9.18 Å². The van der Waals surface area contributed by atoms with Crippen molar-refractivity contribution in [1.82, 2.24) is 4.90 Å². The van der Waals surface area contributed by atoms with Gasteiger partial charge in [-0.15, -0.1) is 0 Å². The summed E-state index contributed by atoms with van der Waals surface area (Å²) in [5.41, 5.74) is 3.91. The van der Waals surface area contributed by atoms with Crippen LogP contribution in [0.3, 0.4) is 0 Å². The third kappa shape index (κ3) is 2.89. The molecule has 2 heterocycles. The summed E-state index contributed by atoms with van der Waals surface area (Å²) in [7, 11) is 2.13. The average Bonchev–Trinajstić information content (AvgIpc) is 2.88. The fourth-order valence-electron chi connectivity index (χ4n) is 4.10. The van der Waals surface area contributed by atoms with Crippen LogP contribution in [0.15, 0.2) is 42.5 Å². The van der Waals surface area contributed by atoms with Gasteiger partial charge in [-0.3, -0.25) is 4.90 Å². The number of likely N-dealkylation sites (N-methyl/N-ethyl adjacent to an activating group) is 1. The van der Waals surface area contributed by atoms with E-state index in [9.17, 15) is 9.18 Å². The molecule has 0 aromatic heterocycles. The lowest BCUT2D eigenvalue weighted by atomic mass is 9.89. The Kier molecular flexibility index (Phi) is 3.96. The summed E-state index contributed by atoms with van der Waals surface area (Å²) in [6, 6.07) is 12.3. The molecule has 2 amide bonds. The number of fused-ring (bicyclic) bond motifs is 3. The fraction of sp³-hybridized carbons (Fsp3) is 0.350. The van der Waals surface area contributed by atoms with Crippen molar-refractivity contribution in [3.8, 4) is 0 Å². The maximum Gasteiger partial charge on any atom is 0.326 e. The number of hydrogen-bond acceptors (Lipinski definition) is 2. The third-order valence-corrected chi connectivity index (χ3v) is 5.25. The lowest BCUT2D eigenvalue weighted by molar-refractivity contribution is 0.224. The van der Waals surface area contributed by atoms with E-state index in [0.717, 1.165) is 25.2 Å². The molecular weight excluding hydrogens is 317 g/mol. The number of carbonyl (C=O) groups excluding carboxylic acids is 1. The van der Waals surface area contributed by atoms with Gasteiger partial charge < -0.3 is 10.2 Å². The van der Waals surface area contributed by atoms with Gasteiger partial charge in [-0.05, 0) is 56.8 Å². The fourth-order valence-corrected chi connectivity index (χ4v) is 4.10. The first kappa shape index (κ1) is 16.1. The highest BCUT2D eigenvalue weighted by Crippen LogP contribution is 2.45.